The van der Waals surface area contributed by atoms with Gasteiger partial charge in [0, 0.05) is 23.4 Å². The summed E-state index contributed by atoms with van der Waals surface area (Å²) in [6, 6.07) is 9.01. The maximum atomic E-state index is 11.7. The van der Waals surface area contributed by atoms with E-state index in [1.54, 1.807) is 26.4 Å². The summed E-state index contributed by atoms with van der Waals surface area (Å²) < 4.78 is 10.4. The third-order valence-corrected chi connectivity index (χ3v) is 2.91. The number of H-pyrrole nitrogens is 1. The van der Waals surface area contributed by atoms with Gasteiger partial charge in [-0.05, 0) is 24.3 Å². The fourth-order valence-electron chi connectivity index (χ4n) is 1.84. The number of aromatic amines is 1. The second-order valence-corrected chi connectivity index (χ2v) is 4.00. The summed E-state index contributed by atoms with van der Waals surface area (Å²) in [6.45, 7) is 0.224. The van der Waals surface area contributed by atoms with E-state index >= 15 is 0 Å². The molecule has 5 nitrogen and oxygen atoms in total. The molecule has 19 heavy (non-hydrogen) atoms. The molecule has 0 saturated heterocycles. The third-order valence-electron chi connectivity index (χ3n) is 2.91. The zero-order chi connectivity index (χ0) is 13.8. The van der Waals surface area contributed by atoms with Crippen LogP contribution in [-0.4, -0.2) is 19.2 Å². The monoisotopic (exact) mass is 260 g/mol. The molecule has 0 atom stereocenters. The van der Waals surface area contributed by atoms with Crippen molar-refractivity contribution >= 4 is 0 Å². The van der Waals surface area contributed by atoms with E-state index in [0.717, 1.165) is 5.56 Å². The summed E-state index contributed by atoms with van der Waals surface area (Å²) >= 11 is 0. The molecule has 1 aromatic carbocycles. The molecule has 3 N–H and O–H groups in total. The largest absolute Gasteiger partial charge is 0.493 e. The number of hydrogen-bond acceptors (Lipinski definition) is 4. The first kappa shape index (κ1) is 13.2. The maximum absolute atomic E-state index is 11.7. The number of hydrogen-bond donors (Lipinski definition) is 2. The van der Waals surface area contributed by atoms with Gasteiger partial charge in [-0.25, -0.2) is 0 Å². The van der Waals surface area contributed by atoms with Crippen LogP contribution in [0.15, 0.2) is 35.1 Å². The summed E-state index contributed by atoms with van der Waals surface area (Å²) in [4.78, 5) is 14.5. The fourth-order valence-corrected chi connectivity index (χ4v) is 1.84. The highest BCUT2D eigenvalue weighted by Crippen LogP contribution is 2.31. The molecule has 5 heteroatoms. The first-order valence-electron chi connectivity index (χ1n) is 5.84. The second-order valence-electron chi connectivity index (χ2n) is 4.00. The van der Waals surface area contributed by atoms with Gasteiger partial charge in [0.25, 0.3) is 5.56 Å². The van der Waals surface area contributed by atoms with Crippen LogP contribution in [0.2, 0.25) is 0 Å². The van der Waals surface area contributed by atoms with E-state index in [-0.39, 0.29) is 12.1 Å². The van der Waals surface area contributed by atoms with Gasteiger partial charge in [0.05, 0.1) is 14.2 Å². The minimum atomic E-state index is -0.171. The first-order chi connectivity index (χ1) is 9.19. The minimum Gasteiger partial charge on any atom is -0.493 e. The number of pyridine rings is 1. The molecule has 2 aromatic rings. The standard InChI is InChI=1S/C14H16N2O3/c1-18-12-6-4-9(7-13(12)19-2)11-5-3-10(8-15)14(17)16-11/h3-7H,8,15H2,1-2H3,(H,16,17). The molecule has 0 aliphatic rings. The Bertz CT molecular complexity index is 635. The predicted molar refractivity (Wildman–Crippen MR) is 73.5 cm³/mol. The van der Waals surface area contributed by atoms with Gasteiger partial charge in [-0.1, -0.05) is 6.07 Å². The van der Waals surface area contributed by atoms with Crippen LogP contribution in [0.25, 0.3) is 11.3 Å². The van der Waals surface area contributed by atoms with Gasteiger partial charge >= 0.3 is 0 Å². The van der Waals surface area contributed by atoms with Gasteiger partial charge in [0.1, 0.15) is 0 Å². The van der Waals surface area contributed by atoms with E-state index in [2.05, 4.69) is 4.98 Å². The molecule has 0 saturated carbocycles. The van der Waals surface area contributed by atoms with Crippen molar-refractivity contribution < 1.29 is 9.47 Å². The van der Waals surface area contributed by atoms with E-state index in [4.69, 9.17) is 15.2 Å². The number of benzene rings is 1. The van der Waals surface area contributed by atoms with Gasteiger partial charge < -0.3 is 20.2 Å². The van der Waals surface area contributed by atoms with Crippen LogP contribution in [0.5, 0.6) is 11.5 Å². The number of aromatic nitrogens is 1. The Morgan fingerprint density at radius 1 is 1.11 bits per heavy atom. The SMILES string of the molecule is COc1ccc(-c2ccc(CN)c(=O)[nH]2)cc1OC. The van der Waals surface area contributed by atoms with E-state index in [9.17, 15) is 4.79 Å². The lowest BCUT2D eigenvalue weighted by Crippen LogP contribution is -2.15. The average molecular weight is 260 g/mol. The molecule has 0 aliphatic heterocycles. The zero-order valence-electron chi connectivity index (χ0n) is 10.9. The zero-order valence-corrected chi connectivity index (χ0v) is 10.9. The van der Waals surface area contributed by atoms with Gasteiger partial charge in [0.2, 0.25) is 0 Å². The van der Waals surface area contributed by atoms with Crippen molar-refractivity contribution in [1.29, 1.82) is 0 Å². The Balaban J connectivity index is 2.47. The molecule has 0 aliphatic carbocycles. The Hall–Kier alpha value is -2.27. The molecule has 0 unspecified atom stereocenters. The number of ether oxygens (including phenoxy) is 2. The first-order valence-corrected chi connectivity index (χ1v) is 5.84. The quantitative estimate of drug-likeness (QED) is 0.873. The van der Waals surface area contributed by atoms with Crippen LogP contribution < -0.4 is 20.8 Å². The van der Waals surface area contributed by atoms with Crippen molar-refractivity contribution in [2.75, 3.05) is 14.2 Å². The molecule has 100 valence electrons. The Morgan fingerprint density at radius 2 is 1.84 bits per heavy atom. The van der Waals surface area contributed by atoms with E-state index in [0.29, 0.717) is 22.8 Å². The summed E-state index contributed by atoms with van der Waals surface area (Å²) in [5.41, 5.74) is 7.41. The summed E-state index contributed by atoms with van der Waals surface area (Å²) in [6.07, 6.45) is 0. The molecular formula is C14H16N2O3. The topological polar surface area (TPSA) is 77.3 Å². The molecular weight excluding hydrogens is 244 g/mol. The van der Waals surface area contributed by atoms with Crippen molar-refractivity contribution in [2.24, 2.45) is 5.73 Å². The van der Waals surface area contributed by atoms with Gasteiger partial charge in [-0.15, -0.1) is 0 Å². The molecule has 0 radical (unpaired) electrons. The van der Waals surface area contributed by atoms with Crippen LogP contribution in [-0.2, 0) is 6.54 Å². The molecule has 0 spiro atoms. The molecule has 1 aromatic heterocycles. The number of nitrogens with one attached hydrogen (secondary N) is 1. The Morgan fingerprint density at radius 3 is 2.42 bits per heavy atom. The van der Waals surface area contributed by atoms with Gasteiger partial charge in [-0.3, -0.25) is 4.79 Å². The van der Waals surface area contributed by atoms with E-state index in [1.807, 2.05) is 18.2 Å². The van der Waals surface area contributed by atoms with Crippen LogP contribution in [0.1, 0.15) is 5.56 Å². The Labute approximate surface area is 111 Å². The van der Waals surface area contributed by atoms with Crippen molar-refractivity contribution in [3.8, 4) is 22.8 Å². The lowest BCUT2D eigenvalue weighted by molar-refractivity contribution is 0.355. The highest BCUT2D eigenvalue weighted by molar-refractivity contribution is 5.64. The van der Waals surface area contributed by atoms with Crippen molar-refractivity contribution in [1.82, 2.24) is 4.98 Å². The Kier molecular flexibility index (Phi) is 3.87. The summed E-state index contributed by atoms with van der Waals surface area (Å²) in [5, 5.41) is 0. The molecule has 0 fully saturated rings. The number of rotatable bonds is 4. The highest BCUT2D eigenvalue weighted by Gasteiger charge is 2.07. The van der Waals surface area contributed by atoms with Crippen molar-refractivity contribution in [2.45, 2.75) is 6.54 Å². The maximum Gasteiger partial charge on any atom is 0.252 e. The molecule has 2 rings (SSSR count). The minimum absolute atomic E-state index is 0.171. The summed E-state index contributed by atoms with van der Waals surface area (Å²) in [5.74, 6) is 1.26. The van der Waals surface area contributed by atoms with Crippen molar-refractivity contribution in [3.63, 3.8) is 0 Å². The van der Waals surface area contributed by atoms with E-state index in [1.165, 1.54) is 0 Å². The molecule has 0 bridgehead atoms. The average Bonchev–Trinajstić information content (AvgIpc) is 2.46. The van der Waals surface area contributed by atoms with Crippen LogP contribution in [0.3, 0.4) is 0 Å². The van der Waals surface area contributed by atoms with Crippen molar-refractivity contribution in [3.05, 3.63) is 46.2 Å². The lowest BCUT2D eigenvalue weighted by Gasteiger charge is -2.09. The predicted octanol–water partition coefficient (Wildman–Crippen LogP) is 1.52. The second kappa shape index (κ2) is 5.58. The van der Waals surface area contributed by atoms with Crippen LogP contribution >= 0.6 is 0 Å². The highest BCUT2D eigenvalue weighted by atomic mass is 16.5. The number of nitrogens with two attached hydrogens (primary N) is 1. The molecule has 1 heterocycles. The third kappa shape index (κ3) is 2.61. The smallest absolute Gasteiger partial charge is 0.252 e. The lowest BCUT2D eigenvalue weighted by atomic mass is 10.1. The number of methoxy groups -OCH3 is 2. The van der Waals surface area contributed by atoms with E-state index < -0.39 is 0 Å². The normalized spacial score (nSPS) is 10.3. The fraction of sp³-hybridized carbons (Fsp3) is 0.214. The van der Waals surface area contributed by atoms with Gasteiger partial charge in [0.15, 0.2) is 11.5 Å². The van der Waals surface area contributed by atoms with Gasteiger partial charge in [-0.2, -0.15) is 0 Å². The van der Waals surface area contributed by atoms with Crippen LogP contribution in [0, 0.1) is 0 Å². The molecule has 0 amide bonds. The summed E-state index contributed by atoms with van der Waals surface area (Å²) in [7, 11) is 3.15. The van der Waals surface area contributed by atoms with Crippen LogP contribution in [0.4, 0.5) is 0 Å².